The summed E-state index contributed by atoms with van der Waals surface area (Å²) in [5.41, 5.74) is 5.05. The summed E-state index contributed by atoms with van der Waals surface area (Å²) in [6.45, 7) is 0. The Balaban J connectivity index is 2.24. The lowest BCUT2D eigenvalue weighted by molar-refractivity contribution is 0.663. The van der Waals surface area contributed by atoms with E-state index in [-0.39, 0.29) is 0 Å². The summed E-state index contributed by atoms with van der Waals surface area (Å²) in [5, 5.41) is 2.52. The standard InChI is InChI=1S/C15H12O/c1-2-7-14-12(5-1)13-9-8-10-4-3-6-11(10)15(13)16-14/h1-2,5,7-9H,3-4,6H2. The van der Waals surface area contributed by atoms with Crippen LogP contribution in [0.2, 0.25) is 0 Å². The lowest BCUT2D eigenvalue weighted by Gasteiger charge is -1.98. The number of fused-ring (bicyclic) bond motifs is 5. The Morgan fingerprint density at radius 2 is 1.81 bits per heavy atom. The zero-order valence-electron chi connectivity index (χ0n) is 8.99. The van der Waals surface area contributed by atoms with Gasteiger partial charge in [0.1, 0.15) is 11.2 Å². The molecular weight excluding hydrogens is 196 g/mol. The van der Waals surface area contributed by atoms with Crippen molar-refractivity contribution in [1.82, 2.24) is 0 Å². The van der Waals surface area contributed by atoms with Gasteiger partial charge in [-0.3, -0.25) is 0 Å². The molecule has 1 heteroatoms. The van der Waals surface area contributed by atoms with Crippen molar-refractivity contribution in [3.63, 3.8) is 0 Å². The fraction of sp³-hybridized carbons (Fsp3) is 0.200. The van der Waals surface area contributed by atoms with E-state index in [4.69, 9.17) is 4.42 Å². The molecule has 0 saturated heterocycles. The maximum Gasteiger partial charge on any atom is 0.138 e. The highest BCUT2D eigenvalue weighted by molar-refractivity contribution is 6.06. The summed E-state index contributed by atoms with van der Waals surface area (Å²) in [7, 11) is 0. The number of benzene rings is 2. The molecule has 0 N–H and O–H groups in total. The summed E-state index contributed by atoms with van der Waals surface area (Å²) in [6, 6.07) is 12.8. The Hall–Kier alpha value is -1.76. The molecule has 0 fully saturated rings. The first kappa shape index (κ1) is 8.40. The molecule has 78 valence electrons. The zero-order valence-corrected chi connectivity index (χ0v) is 8.99. The van der Waals surface area contributed by atoms with Gasteiger partial charge in [0.05, 0.1) is 0 Å². The second-order valence-corrected chi connectivity index (χ2v) is 4.53. The first-order valence-electron chi connectivity index (χ1n) is 5.85. The number of furan rings is 1. The molecule has 2 aromatic carbocycles. The van der Waals surface area contributed by atoms with E-state index in [0.29, 0.717) is 0 Å². The zero-order chi connectivity index (χ0) is 10.5. The predicted molar refractivity (Wildman–Crippen MR) is 65.7 cm³/mol. The fourth-order valence-electron chi connectivity index (χ4n) is 2.85. The van der Waals surface area contributed by atoms with Gasteiger partial charge in [-0.15, -0.1) is 0 Å². The van der Waals surface area contributed by atoms with Gasteiger partial charge in [0.15, 0.2) is 0 Å². The highest BCUT2D eigenvalue weighted by Crippen LogP contribution is 2.35. The lowest BCUT2D eigenvalue weighted by atomic mass is 10.1. The Bertz CT molecular complexity index is 691. The minimum atomic E-state index is 1.01. The first-order valence-corrected chi connectivity index (χ1v) is 5.85. The van der Waals surface area contributed by atoms with Crippen molar-refractivity contribution in [3.8, 4) is 0 Å². The van der Waals surface area contributed by atoms with Gasteiger partial charge in [-0.25, -0.2) is 0 Å². The van der Waals surface area contributed by atoms with E-state index < -0.39 is 0 Å². The number of hydrogen-bond acceptors (Lipinski definition) is 1. The van der Waals surface area contributed by atoms with Crippen LogP contribution in [0.4, 0.5) is 0 Å². The van der Waals surface area contributed by atoms with Crippen molar-refractivity contribution < 1.29 is 4.42 Å². The molecule has 0 bridgehead atoms. The summed E-state index contributed by atoms with van der Waals surface area (Å²) < 4.78 is 6.00. The quantitative estimate of drug-likeness (QED) is 0.542. The van der Waals surface area contributed by atoms with Crippen LogP contribution in [0.5, 0.6) is 0 Å². The van der Waals surface area contributed by atoms with Crippen LogP contribution >= 0.6 is 0 Å². The third-order valence-corrected chi connectivity index (χ3v) is 3.62. The molecule has 0 atom stereocenters. The average Bonchev–Trinajstić information content (AvgIpc) is 2.92. The second kappa shape index (κ2) is 2.88. The van der Waals surface area contributed by atoms with Crippen molar-refractivity contribution in [3.05, 3.63) is 47.5 Å². The average molecular weight is 208 g/mol. The minimum absolute atomic E-state index is 1.01. The SMILES string of the molecule is c1ccc2c(c1)oc1c3c(ccc12)CCC3. The minimum Gasteiger partial charge on any atom is -0.456 e. The van der Waals surface area contributed by atoms with Crippen LogP contribution < -0.4 is 0 Å². The Morgan fingerprint density at radius 1 is 0.875 bits per heavy atom. The molecule has 0 aliphatic heterocycles. The molecule has 4 rings (SSSR count). The number of para-hydroxylation sites is 1. The van der Waals surface area contributed by atoms with Crippen molar-refractivity contribution >= 4 is 21.9 Å². The molecule has 1 aromatic heterocycles. The van der Waals surface area contributed by atoms with Crippen LogP contribution in [0.3, 0.4) is 0 Å². The van der Waals surface area contributed by atoms with E-state index in [1.807, 2.05) is 6.07 Å². The highest BCUT2D eigenvalue weighted by Gasteiger charge is 2.17. The van der Waals surface area contributed by atoms with Crippen LogP contribution in [-0.4, -0.2) is 0 Å². The monoisotopic (exact) mass is 208 g/mol. The van der Waals surface area contributed by atoms with Crippen molar-refractivity contribution in [1.29, 1.82) is 0 Å². The van der Waals surface area contributed by atoms with Crippen molar-refractivity contribution in [2.45, 2.75) is 19.3 Å². The van der Waals surface area contributed by atoms with E-state index in [2.05, 4.69) is 30.3 Å². The van der Waals surface area contributed by atoms with Gasteiger partial charge >= 0.3 is 0 Å². The Labute approximate surface area is 93.7 Å². The van der Waals surface area contributed by atoms with Crippen LogP contribution in [0, 0.1) is 0 Å². The molecule has 16 heavy (non-hydrogen) atoms. The van der Waals surface area contributed by atoms with Gasteiger partial charge in [0.25, 0.3) is 0 Å². The molecule has 0 radical (unpaired) electrons. The predicted octanol–water partition coefficient (Wildman–Crippen LogP) is 4.07. The third kappa shape index (κ3) is 0.955. The maximum absolute atomic E-state index is 6.00. The smallest absolute Gasteiger partial charge is 0.138 e. The van der Waals surface area contributed by atoms with Crippen LogP contribution in [0.25, 0.3) is 21.9 Å². The Kier molecular flexibility index (Phi) is 1.51. The number of rotatable bonds is 0. The normalized spacial score (nSPS) is 14.8. The molecule has 0 amide bonds. The van der Waals surface area contributed by atoms with Crippen LogP contribution in [-0.2, 0) is 12.8 Å². The molecule has 1 aliphatic carbocycles. The number of aryl methyl sites for hydroxylation is 2. The lowest BCUT2D eigenvalue weighted by Crippen LogP contribution is -1.81. The largest absolute Gasteiger partial charge is 0.456 e. The summed E-state index contributed by atoms with van der Waals surface area (Å²) >= 11 is 0. The van der Waals surface area contributed by atoms with Gasteiger partial charge in [-0.05, 0) is 36.5 Å². The Morgan fingerprint density at radius 3 is 2.81 bits per heavy atom. The third-order valence-electron chi connectivity index (χ3n) is 3.62. The first-order chi connectivity index (χ1) is 7.93. The van der Waals surface area contributed by atoms with E-state index >= 15 is 0 Å². The molecular formula is C15H12O. The molecule has 0 unspecified atom stereocenters. The molecule has 1 heterocycles. The summed E-state index contributed by atoms with van der Waals surface area (Å²) in [4.78, 5) is 0. The molecule has 0 spiro atoms. The van der Waals surface area contributed by atoms with E-state index in [1.54, 1.807) is 0 Å². The van der Waals surface area contributed by atoms with Gasteiger partial charge in [0, 0.05) is 10.8 Å². The maximum atomic E-state index is 6.00. The van der Waals surface area contributed by atoms with Gasteiger partial charge in [-0.2, -0.15) is 0 Å². The molecule has 1 aliphatic rings. The van der Waals surface area contributed by atoms with Gasteiger partial charge < -0.3 is 4.42 Å². The molecule has 1 nitrogen and oxygen atoms in total. The summed E-state index contributed by atoms with van der Waals surface area (Å²) in [5.74, 6) is 0. The summed E-state index contributed by atoms with van der Waals surface area (Å²) in [6.07, 6.45) is 3.65. The number of hydrogen-bond donors (Lipinski definition) is 0. The molecule has 3 aromatic rings. The fourth-order valence-corrected chi connectivity index (χ4v) is 2.85. The van der Waals surface area contributed by atoms with Crippen LogP contribution in [0.1, 0.15) is 17.5 Å². The van der Waals surface area contributed by atoms with Crippen molar-refractivity contribution in [2.75, 3.05) is 0 Å². The van der Waals surface area contributed by atoms with Crippen molar-refractivity contribution in [2.24, 2.45) is 0 Å². The van der Waals surface area contributed by atoms with E-state index in [1.165, 1.54) is 41.2 Å². The second-order valence-electron chi connectivity index (χ2n) is 4.53. The van der Waals surface area contributed by atoms with E-state index in [9.17, 15) is 0 Å². The van der Waals surface area contributed by atoms with Gasteiger partial charge in [-0.1, -0.05) is 30.3 Å². The van der Waals surface area contributed by atoms with Crippen LogP contribution in [0.15, 0.2) is 40.8 Å². The van der Waals surface area contributed by atoms with Gasteiger partial charge in [0.2, 0.25) is 0 Å². The molecule has 0 saturated carbocycles. The van der Waals surface area contributed by atoms with E-state index in [0.717, 1.165) is 11.2 Å². The highest BCUT2D eigenvalue weighted by atomic mass is 16.3. The topological polar surface area (TPSA) is 13.1 Å².